The van der Waals surface area contributed by atoms with E-state index in [1.165, 1.54) is 5.56 Å². The molecule has 0 radical (unpaired) electrons. The van der Waals surface area contributed by atoms with Gasteiger partial charge < -0.3 is 9.64 Å². The fraction of sp³-hybridized carbons (Fsp3) is 0.240. The molecule has 1 fully saturated rings. The van der Waals surface area contributed by atoms with Crippen molar-refractivity contribution in [3.8, 4) is 5.75 Å². The maximum absolute atomic E-state index is 13.0. The number of rotatable bonds is 6. The van der Waals surface area contributed by atoms with E-state index in [0.717, 1.165) is 58.5 Å². The van der Waals surface area contributed by atoms with Crippen molar-refractivity contribution in [3.63, 3.8) is 0 Å². The van der Waals surface area contributed by atoms with Crippen LogP contribution in [-0.2, 0) is 13.2 Å². The molecule has 1 saturated heterocycles. The predicted octanol–water partition coefficient (Wildman–Crippen LogP) is 5.75. The standard InChI is InChI=1S/C25H24Br2N2O2/c26-22-8-10-23(11-9-22)31-18-19-4-3-6-20(16-19)25(30)29-14-12-28(13-15-29)17-21-5-1-2-7-24(21)27/h1-11,16H,12-15,17-18H2. The van der Waals surface area contributed by atoms with Crippen LogP contribution in [-0.4, -0.2) is 41.9 Å². The van der Waals surface area contributed by atoms with Crippen molar-refractivity contribution < 1.29 is 9.53 Å². The van der Waals surface area contributed by atoms with Gasteiger partial charge in [0.1, 0.15) is 12.4 Å². The summed E-state index contributed by atoms with van der Waals surface area (Å²) in [6, 6.07) is 23.8. The molecule has 4 nitrogen and oxygen atoms in total. The lowest BCUT2D eigenvalue weighted by molar-refractivity contribution is 0.0628. The Balaban J connectivity index is 1.32. The van der Waals surface area contributed by atoms with Gasteiger partial charge in [0, 0.05) is 47.2 Å². The smallest absolute Gasteiger partial charge is 0.253 e. The van der Waals surface area contributed by atoms with Gasteiger partial charge in [-0.1, -0.05) is 62.2 Å². The van der Waals surface area contributed by atoms with Crippen molar-refractivity contribution in [1.29, 1.82) is 0 Å². The van der Waals surface area contributed by atoms with Crippen LogP contribution < -0.4 is 4.74 Å². The van der Waals surface area contributed by atoms with E-state index in [-0.39, 0.29) is 5.91 Å². The zero-order valence-corrected chi connectivity index (χ0v) is 20.3. The SMILES string of the molecule is O=C(c1cccc(COc2ccc(Br)cc2)c1)N1CCN(Cc2ccccc2Br)CC1. The fourth-order valence-electron chi connectivity index (χ4n) is 3.65. The fourth-order valence-corrected chi connectivity index (χ4v) is 4.33. The predicted molar refractivity (Wildman–Crippen MR) is 130 cm³/mol. The van der Waals surface area contributed by atoms with E-state index >= 15 is 0 Å². The van der Waals surface area contributed by atoms with E-state index in [1.54, 1.807) is 0 Å². The molecule has 4 rings (SSSR count). The van der Waals surface area contributed by atoms with Crippen molar-refractivity contribution in [2.45, 2.75) is 13.2 Å². The van der Waals surface area contributed by atoms with Gasteiger partial charge in [-0.15, -0.1) is 0 Å². The van der Waals surface area contributed by atoms with Crippen molar-refractivity contribution in [1.82, 2.24) is 9.80 Å². The topological polar surface area (TPSA) is 32.8 Å². The second kappa shape index (κ2) is 10.4. The molecule has 3 aromatic carbocycles. The van der Waals surface area contributed by atoms with E-state index in [0.29, 0.717) is 6.61 Å². The summed E-state index contributed by atoms with van der Waals surface area (Å²) in [7, 11) is 0. The number of carbonyl (C=O) groups is 1. The van der Waals surface area contributed by atoms with Crippen LogP contribution in [0.15, 0.2) is 81.7 Å². The molecule has 31 heavy (non-hydrogen) atoms. The van der Waals surface area contributed by atoms with Crippen molar-refractivity contribution in [2.24, 2.45) is 0 Å². The summed E-state index contributed by atoms with van der Waals surface area (Å²) < 4.78 is 8.00. The Morgan fingerprint density at radius 1 is 0.871 bits per heavy atom. The van der Waals surface area contributed by atoms with E-state index in [9.17, 15) is 4.79 Å². The van der Waals surface area contributed by atoms with E-state index in [1.807, 2.05) is 59.5 Å². The number of amides is 1. The third-order valence-electron chi connectivity index (χ3n) is 5.40. The van der Waals surface area contributed by atoms with Crippen molar-refractivity contribution >= 4 is 37.8 Å². The molecule has 0 aromatic heterocycles. The molecule has 6 heteroatoms. The molecule has 1 heterocycles. The number of ether oxygens (including phenoxy) is 1. The molecule has 0 bridgehead atoms. The van der Waals surface area contributed by atoms with Crippen molar-refractivity contribution in [3.05, 3.63) is 98.4 Å². The molecule has 1 aliphatic rings. The Morgan fingerprint density at radius 2 is 1.61 bits per heavy atom. The lowest BCUT2D eigenvalue weighted by Gasteiger charge is -2.35. The van der Waals surface area contributed by atoms with Crippen LogP contribution in [0.5, 0.6) is 5.75 Å². The summed E-state index contributed by atoms with van der Waals surface area (Å²) in [4.78, 5) is 17.4. The largest absolute Gasteiger partial charge is 0.489 e. The Labute approximate surface area is 200 Å². The normalized spacial score (nSPS) is 14.5. The summed E-state index contributed by atoms with van der Waals surface area (Å²) in [6.07, 6.45) is 0. The summed E-state index contributed by atoms with van der Waals surface area (Å²) in [6.45, 7) is 4.56. The number of carbonyl (C=O) groups excluding carboxylic acids is 1. The van der Waals surface area contributed by atoms with E-state index in [4.69, 9.17) is 4.74 Å². The number of hydrogen-bond acceptors (Lipinski definition) is 3. The Kier molecular flexibility index (Phi) is 7.43. The number of hydrogen-bond donors (Lipinski definition) is 0. The first-order valence-electron chi connectivity index (χ1n) is 10.3. The van der Waals surface area contributed by atoms with Gasteiger partial charge in [0.05, 0.1) is 0 Å². The second-order valence-corrected chi connectivity index (χ2v) is 9.37. The highest BCUT2D eigenvalue weighted by atomic mass is 79.9. The van der Waals surface area contributed by atoms with Crippen LogP contribution >= 0.6 is 31.9 Å². The van der Waals surface area contributed by atoms with Crippen LogP contribution in [0.25, 0.3) is 0 Å². The summed E-state index contributed by atoms with van der Waals surface area (Å²) in [5.41, 5.74) is 2.98. The lowest BCUT2D eigenvalue weighted by atomic mass is 10.1. The van der Waals surface area contributed by atoms with Crippen LogP contribution in [0, 0.1) is 0 Å². The summed E-state index contributed by atoms with van der Waals surface area (Å²) in [5, 5.41) is 0. The molecule has 0 aliphatic carbocycles. The van der Waals surface area contributed by atoms with Gasteiger partial charge in [0.25, 0.3) is 5.91 Å². The first-order valence-corrected chi connectivity index (χ1v) is 11.9. The minimum atomic E-state index is 0.0889. The Hall–Kier alpha value is -2.15. The zero-order chi connectivity index (χ0) is 21.6. The molecule has 160 valence electrons. The van der Waals surface area contributed by atoms with Crippen molar-refractivity contribution in [2.75, 3.05) is 26.2 Å². The highest BCUT2D eigenvalue weighted by Gasteiger charge is 2.22. The molecule has 0 saturated carbocycles. The Morgan fingerprint density at radius 3 is 2.35 bits per heavy atom. The third kappa shape index (κ3) is 5.97. The number of benzene rings is 3. The molecular weight excluding hydrogens is 520 g/mol. The van der Waals surface area contributed by atoms with E-state index < -0.39 is 0 Å². The summed E-state index contributed by atoms with van der Waals surface area (Å²) in [5.74, 6) is 0.895. The molecule has 1 amide bonds. The third-order valence-corrected chi connectivity index (χ3v) is 6.71. The van der Waals surface area contributed by atoms with Crippen LogP contribution in [0.4, 0.5) is 0 Å². The van der Waals surface area contributed by atoms with Crippen LogP contribution in [0.2, 0.25) is 0 Å². The summed E-state index contributed by atoms with van der Waals surface area (Å²) >= 11 is 7.05. The molecule has 0 atom stereocenters. The molecular formula is C25H24Br2N2O2. The molecule has 0 N–H and O–H groups in total. The second-order valence-electron chi connectivity index (χ2n) is 7.60. The zero-order valence-electron chi connectivity index (χ0n) is 17.1. The van der Waals surface area contributed by atoms with Gasteiger partial charge in [0.2, 0.25) is 0 Å². The first-order chi connectivity index (χ1) is 15.1. The van der Waals surface area contributed by atoms with Gasteiger partial charge in [-0.25, -0.2) is 0 Å². The number of nitrogens with zero attached hydrogens (tertiary/aromatic N) is 2. The quantitative estimate of drug-likeness (QED) is 0.397. The van der Waals surface area contributed by atoms with E-state index in [2.05, 4.69) is 55.0 Å². The van der Waals surface area contributed by atoms with Gasteiger partial charge in [0.15, 0.2) is 0 Å². The van der Waals surface area contributed by atoms with Gasteiger partial charge in [-0.05, 0) is 53.6 Å². The molecule has 0 spiro atoms. The van der Waals surface area contributed by atoms with Gasteiger partial charge in [-0.3, -0.25) is 9.69 Å². The average molecular weight is 544 g/mol. The molecule has 1 aliphatic heterocycles. The van der Waals surface area contributed by atoms with Crippen LogP contribution in [0.1, 0.15) is 21.5 Å². The average Bonchev–Trinajstić information content (AvgIpc) is 2.80. The monoisotopic (exact) mass is 542 g/mol. The maximum atomic E-state index is 13.0. The van der Waals surface area contributed by atoms with Gasteiger partial charge in [-0.2, -0.15) is 0 Å². The minimum Gasteiger partial charge on any atom is -0.489 e. The minimum absolute atomic E-state index is 0.0889. The Bertz CT molecular complexity index is 1030. The number of halogens is 2. The van der Waals surface area contributed by atoms with Gasteiger partial charge >= 0.3 is 0 Å². The highest BCUT2D eigenvalue weighted by Crippen LogP contribution is 2.20. The number of piperazine rings is 1. The molecule has 3 aromatic rings. The molecule has 0 unspecified atom stereocenters. The highest BCUT2D eigenvalue weighted by molar-refractivity contribution is 9.10. The maximum Gasteiger partial charge on any atom is 0.253 e. The van der Waals surface area contributed by atoms with Crippen LogP contribution in [0.3, 0.4) is 0 Å². The first kappa shape index (κ1) is 22.1. The lowest BCUT2D eigenvalue weighted by Crippen LogP contribution is -2.48.